The Morgan fingerprint density at radius 1 is 1.21 bits per heavy atom. The quantitative estimate of drug-likeness (QED) is 0.588. The maximum Gasteiger partial charge on any atom is 0.328 e. The van der Waals surface area contributed by atoms with Crippen molar-refractivity contribution in [2.45, 2.75) is 38.7 Å². The molecule has 1 heterocycles. The first-order chi connectivity index (χ1) is 13.6. The maximum absolute atomic E-state index is 13.0. The number of hydrogen-bond donors (Lipinski definition) is 2. The molecule has 1 aromatic carbocycles. The molecule has 8 nitrogen and oxygen atoms in total. The molecule has 29 heavy (non-hydrogen) atoms. The molecule has 2 unspecified atom stereocenters. The van der Waals surface area contributed by atoms with Gasteiger partial charge in [0.25, 0.3) is 11.9 Å². The molecule has 12 heteroatoms. The molecule has 0 aliphatic carbocycles. The van der Waals surface area contributed by atoms with E-state index in [1.807, 2.05) is 0 Å². The molecule has 0 saturated carbocycles. The monoisotopic (exact) mass is 435 g/mol. The van der Waals surface area contributed by atoms with Crippen molar-refractivity contribution >= 4 is 10.0 Å². The van der Waals surface area contributed by atoms with E-state index in [4.69, 9.17) is 0 Å². The van der Waals surface area contributed by atoms with E-state index in [1.54, 1.807) is 0 Å². The van der Waals surface area contributed by atoms with Gasteiger partial charge in [-0.15, -0.1) is 0 Å². The van der Waals surface area contributed by atoms with E-state index in [-0.39, 0.29) is 24.5 Å². The number of rotatable bonds is 10. The number of aromatic amines is 1. The molecule has 0 saturated heterocycles. The van der Waals surface area contributed by atoms with Crippen LogP contribution in [0, 0.1) is 0 Å². The van der Waals surface area contributed by atoms with Crippen LogP contribution < -0.4 is 20.7 Å². The van der Waals surface area contributed by atoms with E-state index in [1.165, 1.54) is 42.0 Å². The van der Waals surface area contributed by atoms with Crippen LogP contribution in [-0.4, -0.2) is 36.5 Å². The van der Waals surface area contributed by atoms with Gasteiger partial charge in [-0.25, -0.2) is 26.7 Å². The lowest BCUT2D eigenvalue weighted by atomic mass is 10.1. The Hall–Kier alpha value is -2.60. The molecule has 1 aromatic heterocycles. The first-order valence-corrected chi connectivity index (χ1v) is 10.2. The Kier molecular flexibility index (Phi) is 7.62. The molecule has 0 aliphatic rings. The Balaban J connectivity index is 1.95. The average molecular weight is 435 g/mol. The number of H-pyrrole nitrogens is 1. The molecule has 0 spiro atoms. The number of benzene rings is 1. The highest BCUT2D eigenvalue weighted by molar-refractivity contribution is 7.89. The zero-order valence-corrected chi connectivity index (χ0v) is 16.2. The highest BCUT2D eigenvalue weighted by atomic mass is 32.2. The van der Waals surface area contributed by atoms with Crippen LogP contribution in [0.4, 0.5) is 13.2 Å². The Morgan fingerprint density at radius 3 is 2.59 bits per heavy atom. The van der Waals surface area contributed by atoms with E-state index >= 15 is 0 Å². The summed E-state index contributed by atoms with van der Waals surface area (Å²) in [6, 6.07) is 5.93. The van der Waals surface area contributed by atoms with Gasteiger partial charge in [0.15, 0.2) is 0 Å². The van der Waals surface area contributed by atoms with Crippen molar-refractivity contribution in [2.24, 2.45) is 0 Å². The molecule has 0 aliphatic heterocycles. The lowest BCUT2D eigenvalue weighted by molar-refractivity contribution is -0.0669. The van der Waals surface area contributed by atoms with Crippen LogP contribution in [0.25, 0.3) is 0 Å². The molecular weight excluding hydrogens is 415 g/mol. The second kappa shape index (κ2) is 9.74. The number of hydrogen-bond acceptors (Lipinski definition) is 5. The third-order valence-electron chi connectivity index (χ3n) is 3.87. The van der Waals surface area contributed by atoms with E-state index in [0.717, 1.165) is 6.07 Å². The van der Waals surface area contributed by atoms with Crippen LogP contribution in [0.3, 0.4) is 0 Å². The summed E-state index contributed by atoms with van der Waals surface area (Å²) in [5, 5.41) is 0. The van der Waals surface area contributed by atoms with Gasteiger partial charge < -0.3 is 9.30 Å². The summed E-state index contributed by atoms with van der Waals surface area (Å²) in [6.45, 7) is 1.61. The SMILES string of the molecule is CC(NS(=O)(=O)CCCn1ccc(=O)[nH]c1=O)c1cccc(OC(F)C(F)F)c1. The molecule has 0 amide bonds. The number of ether oxygens (including phenoxy) is 1. The third-order valence-corrected chi connectivity index (χ3v) is 5.41. The molecule has 2 aromatic rings. The van der Waals surface area contributed by atoms with E-state index in [0.29, 0.717) is 5.56 Å². The number of nitrogens with one attached hydrogen (secondary N) is 2. The van der Waals surface area contributed by atoms with Crippen molar-refractivity contribution in [1.29, 1.82) is 0 Å². The normalized spacial score (nSPS) is 14.0. The minimum Gasteiger partial charge on any atom is -0.454 e. The minimum absolute atomic E-state index is 0.0831. The van der Waals surface area contributed by atoms with Crippen LogP contribution >= 0.6 is 0 Å². The van der Waals surface area contributed by atoms with Gasteiger partial charge in [-0.05, 0) is 31.0 Å². The van der Waals surface area contributed by atoms with Crippen LogP contribution in [0.2, 0.25) is 0 Å². The summed E-state index contributed by atoms with van der Waals surface area (Å²) in [7, 11) is -3.74. The van der Waals surface area contributed by atoms with Crippen LogP contribution in [0.1, 0.15) is 24.9 Å². The summed E-state index contributed by atoms with van der Waals surface area (Å²) >= 11 is 0. The number of sulfonamides is 1. The highest BCUT2D eigenvalue weighted by Crippen LogP contribution is 2.22. The van der Waals surface area contributed by atoms with E-state index < -0.39 is 40.1 Å². The van der Waals surface area contributed by atoms with Crippen LogP contribution in [-0.2, 0) is 16.6 Å². The molecule has 0 radical (unpaired) electrons. The summed E-state index contributed by atoms with van der Waals surface area (Å²) in [5.74, 6) is -0.449. The maximum atomic E-state index is 13.0. The second-order valence-electron chi connectivity index (χ2n) is 6.19. The molecule has 160 valence electrons. The predicted octanol–water partition coefficient (Wildman–Crippen LogP) is 1.55. The third kappa shape index (κ3) is 7.06. The largest absolute Gasteiger partial charge is 0.454 e. The lowest BCUT2D eigenvalue weighted by Gasteiger charge is -2.17. The van der Waals surface area contributed by atoms with Crippen molar-refractivity contribution in [2.75, 3.05) is 5.75 Å². The van der Waals surface area contributed by atoms with E-state index in [2.05, 4.69) is 14.4 Å². The van der Waals surface area contributed by atoms with Gasteiger partial charge in [-0.2, -0.15) is 4.39 Å². The van der Waals surface area contributed by atoms with Gasteiger partial charge >= 0.3 is 12.1 Å². The molecule has 2 atom stereocenters. The second-order valence-corrected chi connectivity index (χ2v) is 8.06. The Labute approximate surface area is 164 Å². The zero-order chi connectivity index (χ0) is 21.6. The summed E-state index contributed by atoms with van der Waals surface area (Å²) in [4.78, 5) is 24.6. The first kappa shape index (κ1) is 22.7. The van der Waals surface area contributed by atoms with Gasteiger partial charge in [0.05, 0.1) is 5.75 Å². The molecule has 2 rings (SSSR count). The van der Waals surface area contributed by atoms with Gasteiger partial charge in [0.2, 0.25) is 10.0 Å². The fraction of sp³-hybridized carbons (Fsp3) is 0.412. The molecule has 0 bridgehead atoms. The number of alkyl halides is 3. The van der Waals surface area contributed by atoms with E-state index in [9.17, 15) is 31.2 Å². The summed E-state index contributed by atoms with van der Waals surface area (Å²) < 4.78 is 70.1. The zero-order valence-electron chi connectivity index (χ0n) is 15.3. The van der Waals surface area contributed by atoms with Crippen molar-refractivity contribution in [3.05, 3.63) is 62.9 Å². The van der Waals surface area contributed by atoms with Gasteiger partial charge in [0.1, 0.15) is 5.75 Å². The number of halogens is 3. The van der Waals surface area contributed by atoms with Crippen molar-refractivity contribution in [3.63, 3.8) is 0 Å². The van der Waals surface area contributed by atoms with Gasteiger partial charge in [-0.1, -0.05) is 12.1 Å². The van der Waals surface area contributed by atoms with Crippen LogP contribution in [0.15, 0.2) is 46.1 Å². The molecule has 0 fully saturated rings. The lowest BCUT2D eigenvalue weighted by Crippen LogP contribution is -2.32. The fourth-order valence-electron chi connectivity index (χ4n) is 2.48. The summed E-state index contributed by atoms with van der Waals surface area (Å²) in [6.07, 6.45) is -4.71. The standard InChI is InChI=1S/C17H20F3N3O5S/c1-11(12-4-2-5-13(10-12)28-16(20)15(18)19)22-29(26,27)9-3-7-23-8-6-14(24)21-17(23)25/h2,4-6,8,10-11,15-16,22H,3,7,9H2,1H3,(H,21,24,25). The fourth-order valence-corrected chi connectivity index (χ4v) is 3.78. The Bertz CT molecular complexity index is 1040. The molecule has 2 N–H and O–H groups in total. The van der Waals surface area contributed by atoms with Crippen LogP contribution in [0.5, 0.6) is 5.75 Å². The molecular formula is C17H20F3N3O5S. The Morgan fingerprint density at radius 2 is 1.93 bits per heavy atom. The minimum atomic E-state index is -3.74. The predicted molar refractivity (Wildman–Crippen MR) is 99.2 cm³/mol. The number of aryl methyl sites for hydroxylation is 1. The van der Waals surface area contributed by atoms with Crippen molar-refractivity contribution in [1.82, 2.24) is 14.3 Å². The smallest absolute Gasteiger partial charge is 0.328 e. The van der Waals surface area contributed by atoms with Gasteiger partial charge in [0, 0.05) is 24.8 Å². The highest BCUT2D eigenvalue weighted by Gasteiger charge is 2.21. The average Bonchev–Trinajstić information content (AvgIpc) is 2.63. The van der Waals surface area contributed by atoms with Gasteiger partial charge in [-0.3, -0.25) is 9.78 Å². The topological polar surface area (TPSA) is 110 Å². The van der Waals surface area contributed by atoms with Crippen molar-refractivity contribution in [3.8, 4) is 5.75 Å². The summed E-state index contributed by atoms with van der Waals surface area (Å²) in [5.41, 5.74) is -0.791. The van der Waals surface area contributed by atoms with Crippen molar-refractivity contribution < 1.29 is 26.3 Å². The first-order valence-electron chi connectivity index (χ1n) is 8.56. The number of aromatic nitrogens is 2. The number of nitrogens with zero attached hydrogens (tertiary/aromatic N) is 1.